The molecule has 1 aromatic carbocycles. The van der Waals surface area contributed by atoms with Crippen LogP contribution in [0.15, 0.2) is 54.9 Å². The predicted molar refractivity (Wildman–Crippen MR) is 83.0 cm³/mol. The van der Waals surface area contributed by atoms with E-state index in [1.54, 1.807) is 54.9 Å². The maximum atomic E-state index is 11.7. The number of nitrogens with one attached hydrogen (secondary N) is 1. The summed E-state index contributed by atoms with van der Waals surface area (Å²) in [6.07, 6.45) is 6.31. The SMILES string of the molecule is NC(=O)COc1ccc(/C=C/C(=O)Nc2ccncc2)cc1. The lowest BCUT2D eigenvalue weighted by atomic mass is 10.2. The summed E-state index contributed by atoms with van der Waals surface area (Å²) in [4.78, 5) is 26.2. The van der Waals surface area contributed by atoms with Gasteiger partial charge in [0.2, 0.25) is 5.91 Å². The van der Waals surface area contributed by atoms with Crippen LogP contribution in [0.4, 0.5) is 5.69 Å². The number of rotatable bonds is 6. The zero-order valence-corrected chi connectivity index (χ0v) is 11.7. The fraction of sp³-hybridized carbons (Fsp3) is 0.0625. The molecule has 2 amide bonds. The van der Waals surface area contributed by atoms with E-state index in [2.05, 4.69) is 10.3 Å². The van der Waals surface area contributed by atoms with Crippen LogP contribution in [-0.4, -0.2) is 23.4 Å². The molecule has 0 aliphatic carbocycles. The summed E-state index contributed by atoms with van der Waals surface area (Å²) in [5.41, 5.74) is 6.50. The first-order valence-electron chi connectivity index (χ1n) is 6.54. The molecule has 22 heavy (non-hydrogen) atoms. The van der Waals surface area contributed by atoms with E-state index in [1.165, 1.54) is 6.08 Å². The van der Waals surface area contributed by atoms with E-state index in [1.807, 2.05) is 0 Å². The molecule has 0 aliphatic heterocycles. The van der Waals surface area contributed by atoms with Gasteiger partial charge in [0.05, 0.1) is 0 Å². The lowest BCUT2D eigenvalue weighted by Crippen LogP contribution is -2.19. The second-order valence-corrected chi connectivity index (χ2v) is 4.38. The Hall–Kier alpha value is -3.15. The molecular weight excluding hydrogens is 282 g/mol. The summed E-state index contributed by atoms with van der Waals surface area (Å²) in [7, 11) is 0. The van der Waals surface area contributed by atoms with Gasteiger partial charge in [-0.05, 0) is 35.9 Å². The third-order valence-electron chi connectivity index (χ3n) is 2.64. The molecule has 0 saturated heterocycles. The number of carbonyl (C=O) groups is 2. The standard InChI is InChI=1S/C16H15N3O3/c17-15(20)11-22-14-4-1-12(2-5-14)3-6-16(21)19-13-7-9-18-10-8-13/h1-10H,11H2,(H2,17,20)(H,18,19,21)/b6-3+. The van der Waals surface area contributed by atoms with Crippen molar-refractivity contribution in [2.75, 3.05) is 11.9 Å². The van der Waals surface area contributed by atoms with Gasteiger partial charge in [0.15, 0.2) is 6.61 Å². The fourth-order valence-corrected chi connectivity index (χ4v) is 1.62. The number of hydrogen-bond acceptors (Lipinski definition) is 4. The highest BCUT2D eigenvalue weighted by atomic mass is 16.5. The number of benzene rings is 1. The topological polar surface area (TPSA) is 94.3 Å². The second kappa shape index (κ2) is 7.58. The summed E-state index contributed by atoms with van der Waals surface area (Å²) in [5.74, 6) is -0.228. The number of anilines is 1. The van der Waals surface area contributed by atoms with E-state index in [0.717, 1.165) is 5.56 Å². The van der Waals surface area contributed by atoms with Gasteiger partial charge in [-0.15, -0.1) is 0 Å². The number of hydrogen-bond donors (Lipinski definition) is 2. The van der Waals surface area contributed by atoms with Crippen molar-refractivity contribution < 1.29 is 14.3 Å². The van der Waals surface area contributed by atoms with Gasteiger partial charge in [0, 0.05) is 24.2 Å². The van der Waals surface area contributed by atoms with Gasteiger partial charge in [0.25, 0.3) is 5.91 Å². The van der Waals surface area contributed by atoms with Crippen molar-refractivity contribution in [1.82, 2.24) is 4.98 Å². The highest BCUT2D eigenvalue weighted by Gasteiger charge is 1.99. The highest BCUT2D eigenvalue weighted by Crippen LogP contribution is 2.13. The van der Waals surface area contributed by atoms with Crippen LogP contribution < -0.4 is 15.8 Å². The molecule has 1 heterocycles. The molecule has 112 valence electrons. The molecule has 0 saturated carbocycles. The molecule has 6 heteroatoms. The first-order chi connectivity index (χ1) is 10.6. The van der Waals surface area contributed by atoms with Gasteiger partial charge in [0.1, 0.15) is 5.75 Å². The second-order valence-electron chi connectivity index (χ2n) is 4.38. The molecule has 0 unspecified atom stereocenters. The summed E-state index contributed by atoms with van der Waals surface area (Å²) in [5, 5.41) is 2.71. The zero-order chi connectivity index (χ0) is 15.8. The zero-order valence-electron chi connectivity index (χ0n) is 11.7. The molecule has 2 rings (SSSR count). The lowest BCUT2D eigenvalue weighted by molar-refractivity contribution is -0.120. The first-order valence-corrected chi connectivity index (χ1v) is 6.54. The van der Waals surface area contributed by atoms with Gasteiger partial charge in [-0.2, -0.15) is 0 Å². The monoisotopic (exact) mass is 297 g/mol. The van der Waals surface area contributed by atoms with Crippen molar-refractivity contribution in [2.24, 2.45) is 5.73 Å². The Morgan fingerprint density at radius 3 is 2.45 bits per heavy atom. The molecule has 0 atom stereocenters. The number of pyridine rings is 1. The van der Waals surface area contributed by atoms with Crippen LogP contribution in [0.25, 0.3) is 6.08 Å². The van der Waals surface area contributed by atoms with Crippen LogP contribution in [0, 0.1) is 0 Å². The average Bonchev–Trinajstić information content (AvgIpc) is 2.53. The number of ether oxygens (including phenoxy) is 1. The molecule has 3 N–H and O–H groups in total. The molecule has 6 nitrogen and oxygen atoms in total. The van der Waals surface area contributed by atoms with Crippen molar-refractivity contribution in [2.45, 2.75) is 0 Å². The average molecular weight is 297 g/mol. The van der Waals surface area contributed by atoms with E-state index >= 15 is 0 Å². The maximum absolute atomic E-state index is 11.7. The first kappa shape index (κ1) is 15.2. The Morgan fingerprint density at radius 2 is 1.82 bits per heavy atom. The Labute approximate surface area is 127 Å². The maximum Gasteiger partial charge on any atom is 0.255 e. The van der Waals surface area contributed by atoms with Crippen LogP contribution in [0.5, 0.6) is 5.75 Å². The molecule has 0 aliphatic rings. The smallest absolute Gasteiger partial charge is 0.255 e. The third kappa shape index (κ3) is 5.09. The normalized spacial score (nSPS) is 10.4. The van der Waals surface area contributed by atoms with Crippen LogP contribution in [0.1, 0.15) is 5.56 Å². The Bertz CT molecular complexity index is 667. The predicted octanol–water partition coefficient (Wildman–Crippen LogP) is 1.60. The number of primary amides is 1. The van der Waals surface area contributed by atoms with E-state index < -0.39 is 5.91 Å². The number of nitrogens with zero attached hydrogens (tertiary/aromatic N) is 1. The molecular formula is C16H15N3O3. The molecule has 0 fully saturated rings. The molecule has 0 spiro atoms. The van der Waals surface area contributed by atoms with Crippen molar-refractivity contribution in [3.05, 3.63) is 60.4 Å². The Kier molecular flexibility index (Phi) is 5.25. The van der Waals surface area contributed by atoms with Crippen LogP contribution >= 0.6 is 0 Å². The molecule has 2 aromatic rings. The van der Waals surface area contributed by atoms with E-state index in [0.29, 0.717) is 11.4 Å². The Morgan fingerprint density at radius 1 is 1.14 bits per heavy atom. The van der Waals surface area contributed by atoms with Gasteiger partial charge < -0.3 is 15.8 Å². The quantitative estimate of drug-likeness (QED) is 0.792. The Balaban J connectivity index is 1.89. The minimum absolute atomic E-state index is 0.163. The highest BCUT2D eigenvalue weighted by molar-refractivity contribution is 6.01. The minimum atomic E-state index is -0.531. The largest absolute Gasteiger partial charge is 0.484 e. The number of nitrogens with two attached hydrogens (primary N) is 1. The number of carbonyl (C=O) groups excluding carboxylic acids is 2. The van der Waals surface area contributed by atoms with Crippen molar-refractivity contribution in [1.29, 1.82) is 0 Å². The summed E-state index contributed by atoms with van der Waals surface area (Å²) < 4.78 is 5.14. The van der Waals surface area contributed by atoms with Gasteiger partial charge in [-0.3, -0.25) is 14.6 Å². The van der Waals surface area contributed by atoms with Crippen molar-refractivity contribution in [3.8, 4) is 5.75 Å². The fourth-order valence-electron chi connectivity index (χ4n) is 1.62. The molecule has 1 aromatic heterocycles. The van der Waals surface area contributed by atoms with Crippen molar-refractivity contribution >= 4 is 23.6 Å². The third-order valence-corrected chi connectivity index (χ3v) is 2.64. The van der Waals surface area contributed by atoms with E-state index in [-0.39, 0.29) is 12.5 Å². The van der Waals surface area contributed by atoms with Crippen molar-refractivity contribution in [3.63, 3.8) is 0 Å². The number of aromatic nitrogens is 1. The van der Waals surface area contributed by atoms with Crippen LogP contribution in [0.3, 0.4) is 0 Å². The molecule has 0 radical (unpaired) electrons. The molecule has 0 bridgehead atoms. The van der Waals surface area contributed by atoms with Gasteiger partial charge >= 0.3 is 0 Å². The van der Waals surface area contributed by atoms with Gasteiger partial charge in [-0.1, -0.05) is 12.1 Å². The number of amides is 2. The summed E-state index contributed by atoms with van der Waals surface area (Å²) >= 11 is 0. The summed E-state index contributed by atoms with van der Waals surface area (Å²) in [6.45, 7) is -0.163. The summed E-state index contributed by atoms with van der Waals surface area (Å²) in [6, 6.07) is 10.3. The lowest BCUT2D eigenvalue weighted by Gasteiger charge is -2.03. The van der Waals surface area contributed by atoms with E-state index in [4.69, 9.17) is 10.5 Å². The minimum Gasteiger partial charge on any atom is -0.484 e. The van der Waals surface area contributed by atoms with Crippen LogP contribution in [0.2, 0.25) is 0 Å². The van der Waals surface area contributed by atoms with Gasteiger partial charge in [-0.25, -0.2) is 0 Å². The van der Waals surface area contributed by atoms with E-state index in [9.17, 15) is 9.59 Å². The van der Waals surface area contributed by atoms with Crippen LogP contribution in [-0.2, 0) is 9.59 Å².